The quantitative estimate of drug-likeness (QED) is 0.894. The minimum Gasteiger partial charge on any atom is -0.497 e. The number of ether oxygens (including phenoxy) is 1. The summed E-state index contributed by atoms with van der Waals surface area (Å²) in [5.74, 6) is 1.63. The Bertz CT molecular complexity index is 390. The first-order chi connectivity index (χ1) is 9.80. The molecule has 2 rings (SSSR count). The van der Waals surface area contributed by atoms with E-state index in [4.69, 9.17) is 4.74 Å². The Kier molecular flexibility index (Phi) is 5.86. The number of hydrogen-bond donors (Lipinski definition) is 1. The molecule has 0 saturated carbocycles. The number of hydrogen-bond acceptors (Lipinski definition) is 3. The van der Waals surface area contributed by atoms with E-state index in [2.05, 4.69) is 48.5 Å². The zero-order chi connectivity index (χ0) is 14.4. The zero-order valence-corrected chi connectivity index (χ0v) is 13.1. The summed E-state index contributed by atoms with van der Waals surface area (Å²) in [5.41, 5.74) is 1.43. The lowest BCUT2D eigenvalue weighted by atomic mass is 9.89. The first kappa shape index (κ1) is 15.3. The molecule has 3 nitrogen and oxygen atoms in total. The molecule has 1 N–H and O–H groups in total. The van der Waals surface area contributed by atoms with Gasteiger partial charge in [0, 0.05) is 6.04 Å². The molecule has 20 heavy (non-hydrogen) atoms. The van der Waals surface area contributed by atoms with Gasteiger partial charge in [-0.15, -0.1) is 0 Å². The number of methoxy groups -OCH3 is 1. The van der Waals surface area contributed by atoms with E-state index in [0.29, 0.717) is 12.0 Å². The van der Waals surface area contributed by atoms with Gasteiger partial charge in [0.15, 0.2) is 0 Å². The summed E-state index contributed by atoms with van der Waals surface area (Å²) in [6, 6.07) is 9.18. The van der Waals surface area contributed by atoms with Crippen LogP contribution in [0, 0.1) is 5.92 Å². The topological polar surface area (TPSA) is 24.5 Å². The van der Waals surface area contributed by atoms with Crippen LogP contribution in [-0.4, -0.2) is 38.7 Å². The number of benzene rings is 1. The van der Waals surface area contributed by atoms with Gasteiger partial charge in [-0.25, -0.2) is 0 Å². The largest absolute Gasteiger partial charge is 0.497 e. The van der Waals surface area contributed by atoms with E-state index in [9.17, 15) is 0 Å². The van der Waals surface area contributed by atoms with Gasteiger partial charge >= 0.3 is 0 Å². The normalized spacial score (nSPS) is 24.4. The van der Waals surface area contributed by atoms with Crippen molar-refractivity contribution in [3.8, 4) is 5.75 Å². The van der Waals surface area contributed by atoms with Crippen LogP contribution in [0.2, 0.25) is 0 Å². The highest BCUT2D eigenvalue weighted by Crippen LogP contribution is 2.35. The van der Waals surface area contributed by atoms with Crippen molar-refractivity contribution in [2.45, 2.75) is 32.2 Å². The highest BCUT2D eigenvalue weighted by Gasteiger charge is 2.29. The molecule has 0 bridgehead atoms. The summed E-state index contributed by atoms with van der Waals surface area (Å²) in [6.07, 6.45) is 3.98. The number of rotatable bonds is 5. The minimum atomic E-state index is 0.529. The van der Waals surface area contributed by atoms with Crippen LogP contribution in [0.15, 0.2) is 24.3 Å². The highest BCUT2D eigenvalue weighted by molar-refractivity contribution is 5.29. The molecule has 1 aliphatic heterocycles. The van der Waals surface area contributed by atoms with E-state index in [0.717, 1.165) is 18.8 Å². The van der Waals surface area contributed by atoms with Crippen LogP contribution in [0.3, 0.4) is 0 Å². The van der Waals surface area contributed by atoms with Gasteiger partial charge in [0.25, 0.3) is 0 Å². The highest BCUT2D eigenvalue weighted by atomic mass is 16.5. The molecule has 2 atom stereocenters. The van der Waals surface area contributed by atoms with Crippen molar-refractivity contribution < 1.29 is 4.74 Å². The van der Waals surface area contributed by atoms with Crippen LogP contribution in [-0.2, 0) is 0 Å². The maximum absolute atomic E-state index is 5.28. The van der Waals surface area contributed by atoms with E-state index in [1.165, 1.54) is 31.4 Å². The van der Waals surface area contributed by atoms with Crippen LogP contribution < -0.4 is 10.1 Å². The van der Waals surface area contributed by atoms with Crippen molar-refractivity contribution >= 4 is 0 Å². The monoisotopic (exact) mass is 276 g/mol. The van der Waals surface area contributed by atoms with E-state index >= 15 is 0 Å². The van der Waals surface area contributed by atoms with E-state index in [1.54, 1.807) is 7.11 Å². The van der Waals surface area contributed by atoms with Gasteiger partial charge < -0.3 is 10.1 Å². The predicted molar refractivity (Wildman–Crippen MR) is 84.2 cm³/mol. The molecular formula is C17H28N2O. The van der Waals surface area contributed by atoms with Gasteiger partial charge in [-0.05, 0) is 63.1 Å². The molecule has 0 aromatic heterocycles. The van der Waals surface area contributed by atoms with Crippen molar-refractivity contribution in [3.05, 3.63) is 29.8 Å². The molecule has 3 heteroatoms. The predicted octanol–water partition coefficient (Wildman–Crippen LogP) is 3.08. The Morgan fingerprint density at radius 2 is 2.00 bits per heavy atom. The molecule has 112 valence electrons. The summed E-state index contributed by atoms with van der Waals surface area (Å²) in [7, 11) is 3.79. The van der Waals surface area contributed by atoms with Crippen molar-refractivity contribution in [1.82, 2.24) is 10.2 Å². The van der Waals surface area contributed by atoms with E-state index in [1.807, 2.05) is 0 Å². The van der Waals surface area contributed by atoms with Crippen molar-refractivity contribution in [1.29, 1.82) is 0 Å². The first-order valence-corrected chi connectivity index (χ1v) is 7.82. The fourth-order valence-corrected chi connectivity index (χ4v) is 3.43. The maximum Gasteiger partial charge on any atom is 0.118 e. The number of nitrogens with zero attached hydrogens (tertiary/aromatic N) is 1. The lowest BCUT2D eigenvalue weighted by Crippen LogP contribution is -2.36. The molecule has 1 fully saturated rings. The number of nitrogens with one attached hydrogen (secondary N) is 1. The Balaban J connectivity index is 2.27. The second-order valence-corrected chi connectivity index (χ2v) is 5.66. The fraction of sp³-hybridized carbons (Fsp3) is 0.647. The minimum absolute atomic E-state index is 0.529. The van der Waals surface area contributed by atoms with Gasteiger partial charge in [0.1, 0.15) is 5.75 Å². The second-order valence-electron chi connectivity index (χ2n) is 5.66. The molecule has 0 amide bonds. The van der Waals surface area contributed by atoms with Gasteiger partial charge in [-0.2, -0.15) is 0 Å². The smallest absolute Gasteiger partial charge is 0.118 e. The average molecular weight is 276 g/mol. The molecule has 1 aliphatic rings. The van der Waals surface area contributed by atoms with Gasteiger partial charge in [0.05, 0.1) is 7.11 Å². The molecule has 2 unspecified atom stereocenters. The summed E-state index contributed by atoms with van der Waals surface area (Å²) < 4.78 is 5.28. The molecule has 0 spiro atoms. The van der Waals surface area contributed by atoms with Crippen LogP contribution in [0.25, 0.3) is 0 Å². The van der Waals surface area contributed by atoms with Crippen molar-refractivity contribution in [2.24, 2.45) is 5.92 Å². The van der Waals surface area contributed by atoms with Crippen molar-refractivity contribution in [2.75, 3.05) is 33.8 Å². The standard InChI is InChI=1S/C17H28N2O/c1-4-19-12-6-5-7-15(13-18-2)17(19)14-8-10-16(20-3)11-9-14/h8-11,15,17-18H,4-7,12-13H2,1-3H3. The lowest BCUT2D eigenvalue weighted by Gasteiger charge is -2.35. The Hall–Kier alpha value is -1.06. The third-order valence-corrected chi connectivity index (χ3v) is 4.44. The molecule has 0 aliphatic carbocycles. The summed E-state index contributed by atoms with van der Waals surface area (Å²) in [6.45, 7) is 5.70. The Labute approximate surface area is 123 Å². The summed E-state index contributed by atoms with van der Waals surface area (Å²) in [5, 5.41) is 3.38. The summed E-state index contributed by atoms with van der Waals surface area (Å²) >= 11 is 0. The molecule has 1 aromatic carbocycles. The van der Waals surface area contributed by atoms with Crippen LogP contribution >= 0.6 is 0 Å². The van der Waals surface area contributed by atoms with Gasteiger partial charge in [0.2, 0.25) is 0 Å². The average Bonchev–Trinajstić information content (AvgIpc) is 2.70. The third-order valence-electron chi connectivity index (χ3n) is 4.44. The van der Waals surface area contributed by atoms with E-state index < -0.39 is 0 Å². The fourth-order valence-electron chi connectivity index (χ4n) is 3.43. The lowest BCUT2D eigenvalue weighted by molar-refractivity contribution is 0.162. The molecule has 0 radical (unpaired) electrons. The first-order valence-electron chi connectivity index (χ1n) is 7.82. The summed E-state index contributed by atoms with van der Waals surface area (Å²) in [4.78, 5) is 2.64. The third kappa shape index (κ3) is 3.53. The van der Waals surface area contributed by atoms with Crippen LogP contribution in [0.5, 0.6) is 5.75 Å². The molecular weight excluding hydrogens is 248 g/mol. The maximum atomic E-state index is 5.28. The molecule has 1 saturated heterocycles. The Morgan fingerprint density at radius 1 is 1.25 bits per heavy atom. The van der Waals surface area contributed by atoms with Crippen molar-refractivity contribution in [3.63, 3.8) is 0 Å². The van der Waals surface area contributed by atoms with Crippen LogP contribution in [0.1, 0.15) is 37.8 Å². The van der Waals surface area contributed by atoms with E-state index in [-0.39, 0.29) is 0 Å². The zero-order valence-electron chi connectivity index (χ0n) is 13.1. The van der Waals surface area contributed by atoms with Gasteiger partial charge in [-0.1, -0.05) is 25.5 Å². The number of likely N-dealkylation sites (tertiary alicyclic amines) is 1. The Morgan fingerprint density at radius 3 is 2.60 bits per heavy atom. The van der Waals surface area contributed by atoms with Gasteiger partial charge in [-0.3, -0.25) is 4.90 Å². The SMILES string of the molecule is CCN1CCCCC(CNC)C1c1ccc(OC)cc1. The second kappa shape index (κ2) is 7.65. The van der Waals surface area contributed by atoms with Crippen LogP contribution in [0.4, 0.5) is 0 Å². The molecule has 1 heterocycles. The molecule has 1 aromatic rings.